The second-order valence-corrected chi connectivity index (χ2v) is 17.6. The first-order valence-electron chi connectivity index (χ1n) is 8.73. The third kappa shape index (κ3) is 8.62. The Balaban J connectivity index is 4.25. The highest BCUT2D eigenvalue weighted by atomic mass is 28.4. The monoisotopic (exact) mass is 346 g/mol. The molecule has 0 aliphatic heterocycles. The minimum Gasteiger partial charge on any atom is -0.411 e. The van der Waals surface area contributed by atoms with Crippen molar-refractivity contribution in [3.63, 3.8) is 0 Å². The lowest BCUT2D eigenvalue weighted by molar-refractivity contribution is -0.0980. The molecule has 0 aromatic rings. The van der Waals surface area contributed by atoms with Gasteiger partial charge in [-0.1, -0.05) is 46.5 Å². The molecular weight excluding hydrogens is 308 g/mol. The molecule has 0 unspecified atom stereocenters. The summed E-state index contributed by atoms with van der Waals surface area (Å²) in [6.07, 6.45) is 1.79. The van der Waals surface area contributed by atoms with Gasteiger partial charge in [0, 0.05) is 14.7 Å². The largest absolute Gasteiger partial charge is 0.411 e. The first kappa shape index (κ1) is 22.1. The van der Waals surface area contributed by atoms with Crippen LogP contribution in [-0.4, -0.2) is 42.0 Å². The molecule has 0 fully saturated rings. The molecule has 3 nitrogen and oxygen atoms in total. The molecule has 2 atom stereocenters. The van der Waals surface area contributed by atoms with Crippen LogP contribution in [0.3, 0.4) is 0 Å². The summed E-state index contributed by atoms with van der Waals surface area (Å²) >= 11 is 0. The predicted octanol–water partition coefficient (Wildman–Crippen LogP) is 5.28. The van der Waals surface area contributed by atoms with Gasteiger partial charge in [-0.3, -0.25) is 0 Å². The highest BCUT2D eigenvalue weighted by Crippen LogP contribution is 2.25. The van der Waals surface area contributed by atoms with Gasteiger partial charge >= 0.3 is 0 Å². The second kappa shape index (κ2) is 10.8. The van der Waals surface area contributed by atoms with Crippen molar-refractivity contribution >= 4 is 16.4 Å². The van der Waals surface area contributed by atoms with E-state index in [0.717, 1.165) is 24.7 Å². The fourth-order valence-electron chi connectivity index (χ4n) is 2.42. The van der Waals surface area contributed by atoms with Crippen molar-refractivity contribution in [3.05, 3.63) is 12.7 Å². The van der Waals surface area contributed by atoms with E-state index < -0.39 is 16.4 Å². The van der Waals surface area contributed by atoms with Crippen molar-refractivity contribution in [3.8, 4) is 0 Å². The Hall–Kier alpha value is 0.0538. The highest BCUT2D eigenvalue weighted by molar-refractivity contribution is 6.76. The second-order valence-electron chi connectivity index (χ2n) is 7.27. The summed E-state index contributed by atoms with van der Waals surface area (Å²) < 4.78 is 17.9. The van der Waals surface area contributed by atoms with Crippen LogP contribution in [0.5, 0.6) is 0 Å². The van der Waals surface area contributed by atoms with Gasteiger partial charge in [-0.05, 0) is 31.1 Å². The van der Waals surface area contributed by atoms with Crippen LogP contribution in [0.1, 0.15) is 27.7 Å². The molecule has 0 amide bonds. The topological polar surface area (TPSA) is 27.7 Å². The molecule has 0 aromatic carbocycles. The van der Waals surface area contributed by atoms with E-state index >= 15 is 0 Å². The average molecular weight is 347 g/mol. The lowest BCUT2D eigenvalue weighted by Crippen LogP contribution is -2.43. The first-order valence-corrected chi connectivity index (χ1v) is 15.0. The van der Waals surface area contributed by atoms with E-state index in [1.54, 1.807) is 0 Å². The molecule has 132 valence electrons. The normalized spacial score (nSPS) is 15.6. The van der Waals surface area contributed by atoms with Gasteiger partial charge < -0.3 is 13.9 Å². The summed E-state index contributed by atoms with van der Waals surface area (Å²) in [4.78, 5) is 0. The van der Waals surface area contributed by atoms with Gasteiger partial charge in [0.15, 0.2) is 8.32 Å². The van der Waals surface area contributed by atoms with Crippen LogP contribution in [0.15, 0.2) is 12.7 Å². The zero-order valence-electron chi connectivity index (χ0n) is 15.9. The summed E-state index contributed by atoms with van der Waals surface area (Å²) in [5.41, 5.74) is 0. The fraction of sp³-hybridized carbons (Fsp3) is 0.882. The fourth-order valence-corrected chi connectivity index (χ4v) is 6.10. The zero-order valence-corrected chi connectivity index (χ0v) is 17.9. The van der Waals surface area contributed by atoms with E-state index in [4.69, 9.17) is 13.9 Å². The van der Waals surface area contributed by atoms with Gasteiger partial charge in [-0.2, -0.15) is 0 Å². The van der Waals surface area contributed by atoms with Crippen LogP contribution in [0, 0.1) is 0 Å². The summed E-state index contributed by atoms with van der Waals surface area (Å²) in [7, 11) is -2.63. The molecule has 0 N–H and O–H groups in total. The summed E-state index contributed by atoms with van der Waals surface area (Å²) in [6.45, 7) is 20.9. The number of hydrogen-bond acceptors (Lipinski definition) is 3. The third-order valence-electron chi connectivity index (χ3n) is 4.40. The van der Waals surface area contributed by atoms with Gasteiger partial charge in [0.05, 0.1) is 6.10 Å². The van der Waals surface area contributed by atoms with Gasteiger partial charge in [-0.25, -0.2) is 0 Å². The van der Waals surface area contributed by atoms with E-state index in [-0.39, 0.29) is 12.2 Å². The minimum absolute atomic E-state index is 0.0459. The van der Waals surface area contributed by atoms with E-state index in [1.165, 1.54) is 6.04 Å². The molecule has 5 heteroatoms. The van der Waals surface area contributed by atoms with Crippen LogP contribution < -0.4 is 0 Å². The molecule has 0 rings (SSSR count). The SMILES string of the molecule is C=C[C@H](OCOCC[Si](C)(C)C)[C@@H](C)O[Si](CC)(CC)CC. The average Bonchev–Trinajstić information content (AvgIpc) is 2.47. The van der Waals surface area contributed by atoms with Gasteiger partial charge in [0.25, 0.3) is 0 Å². The summed E-state index contributed by atoms with van der Waals surface area (Å²) in [5.74, 6) is 0. The molecule has 0 radical (unpaired) electrons. The predicted molar refractivity (Wildman–Crippen MR) is 102 cm³/mol. The van der Waals surface area contributed by atoms with Gasteiger partial charge in [0.2, 0.25) is 0 Å². The Bertz CT molecular complexity index is 291. The van der Waals surface area contributed by atoms with Crippen LogP contribution >= 0.6 is 0 Å². The van der Waals surface area contributed by atoms with Crippen molar-refractivity contribution in [2.24, 2.45) is 0 Å². The lowest BCUT2D eigenvalue weighted by Gasteiger charge is -2.34. The first-order chi connectivity index (χ1) is 10.2. The van der Waals surface area contributed by atoms with E-state index in [2.05, 4.69) is 53.9 Å². The maximum absolute atomic E-state index is 6.44. The molecule has 0 saturated carbocycles. The number of ether oxygens (including phenoxy) is 2. The number of hydrogen-bond donors (Lipinski definition) is 0. The molecule has 0 bridgehead atoms. The summed E-state index contributed by atoms with van der Waals surface area (Å²) in [5, 5.41) is 0. The number of rotatable bonds is 13. The summed E-state index contributed by atoms with van der Waals surface area (Å²) in [6, 6.07) is 4.63. The smallest absolute Gasteiger partial charge is 0.192 e. The van der Waals surface area contributed by atoms with Crippen molar-refractivity contribution in [1.29, 1.82) is 0 Å². The molecule has 0 spiro atoms. The maximum Gasteiger partial charge on any atom is 0.192 e. The van der Waals surface area contributed by atoms with Gasteiger partial charge in [0.1, 0.15) is 12.9 Å². The van der Waals surface area contributed by atoms with Crippen LogP contribution in [0.25, 0.3) is 0 Å². The van der Waals surface area contributed by atoms with Crippen LogP contribution in [0.4, 0.5) is 0 Å². The molecule has 0 aliphatic rings. The molecular formula is C17H38O3Si2. The van der Waals surface area contributed by atoms with Crippen molar-refractivity contribution < 1.29 is 13.9 Å². The molecule has 0 aromatic heterocycles. The van der Waals surface area contributed by atoms with Crippen LogP contribution in [0.2, 0.25) is 43.8 Å². The molecule has 22 heavy (non-hydrogen) atoms. The minimum atomic E-state index is -1.60. The van der Waals surface area contributed by atoms with E-state index in [1.807, 2.05) is 6.08 Å². The van der Waals surface area contributed by atoms with Gasteiger partial charge in [-0.15, -0.1) is 6.58 Å². The van der Waals surface area contributed by atoms with Crippen molar-refractivity contribution in [2.75, 3.05) is 13.4 Å². The lowest BCUT2D eigenvalue weighted by atomic mass is 10.2. The zero-order chi connectivity index (χ0) is 17.2. The van der Waals surface area contributed by atoms with E-state index in [0.29, 0.717) is 6.79 Å². The maximum atomic E-state index is 6.44. The molecule has 0 saturated heterocycles. The Morgan fingerprint density at radius 1 is 1.05 bits per heavy atom. The Kier molecular flexibility index (Phi) is 10.8. The Labute approximate surface area is 140 Å². The Morgan fingerprint density at radius 3 is 2.00 bits per heavy atom. The van der Waals surface area contributed by atoms with Crippen LogP contribution in [-0.2, 0) is 13.9 Å². The standard InChI is InChI=1S/C17H38O3Si2/c1-9-17(19-15-18-13-14-21(6,7)8)16(5)20-22(10-2,11-3)12-4/h9,16-17H,1,10-15H2,2-8H3/t16-,17+/m1/s1. The highest BCUT2D eigenvalue weighted by Gasteiger charge is 2.32. The van der Waals surface area contributed by atoms with Crippen molar-refractivity contribution in [1.82, 2.24) is 0 Å². The van der Waals surface area contributed by atoms with E-state index in [9.17, 15) is 0 Å². The molecule has 0 heterocycles. The Morgan fingerprint density at radius 2 is 1.59 bits per heavy atom. The molecule has 0 aliphatic carbocycles. The third-order valence-corrected chi connectivity index (χ3v) is 10.8. The quantitative estimate of drug-likeness (QED) is 0.196. The van der Waals surface area contributed by atoms with Crippen molar-refractivity contribution in [2.45, 2.75) is 83.7 Å².